The van der Waals surface area contributed by atoms with E-state index in [9.17, 15) is 102 Å². The second-order valence-corrected chi connectivity index (χ2v) is 20.6. The molecule has 0 aromatic rings. The lowest BCUT2D eigenvalue weighted by atomic mass is 9.97. The molecule has 37 heteroatoms. The Hall–Kier alpha value is -7.47. The van der Waals surface area contributed by atoms with Gasteiger partial charge in [0.05, 0.1) is 31.3 Å². The number of nitrogens with zero attached hydrogens (tertiary/aromatic N) is 1. The summed E-state index contributed by atoms with van der Waals surface area (Å²) in [5.74, 6) is -17.0. The number of aliphatic hydroxyl groups excluding tert-OH is 3. The number of quaternary nitrogens is 1. The number of hydrogen-bond donors (Lipinski definition) is 19. The molecule has 0 aliphatic carbocycles. The number of aliphatic carboxylic acids is 1. The van der Waals surface area contributed by atoms with Crippen LogP contribution in [0.2, 0.25) is 0 Å². The third-order valence-electron chi connectivity index (χ3n) is 12.6. The van der Waals surface area contributed by atoms with Gasteiger partial charge in [0.15, 0.2) is 12.1 Å². The van der Waals surface area contributed by atoms with Gasteiger partial charge in [0.1, 0.15) is 48.3 Å². The molecular weight excluding hydrogens is 1120 g/mol. The molecule has 1 fully saturated rings. The molecule has 0 aromatic carbocycles. The summed E-state index contributed by atoms with van der Waals surface area (Å²) in [5, 5.41) is 57.3. The molecule has 0 unspecified atom stereocenters. The Morgan fingerprint density at radius 2 is 1.00 bits per heavy atom. The third-order valence-corrected chi connectivity index (χ3v) is 13.3. The van der Waals surface area contributed by atoms with Gasteiger partial charge in [-0.3, -0.25) is 66.9 Å². The van der Waals surface area contributed by atoms with Crippen LogP contribution in [0.4, 0.5) is 0 Å². The molecule has 13 amide bonds. The lowest BCUT2D eigenvalue weighted by molar-refractivity contribution is -0.402. The van der Waals surface area contributed by atoms with Crippen molar-refractivity contribution in [1.82, 2.24) is 47.4 Å². The molecule has 0 radical (unpaired) electrons. The van der Waals surface area contributed by atoms with Crippen LogP contribution >= 0.6 is 7.82 Å². The monoisotopic (exact) mass is 1200 g/mol. The molecule has 36 nitrogen and oxygen atoms in total. The van der Waals surface area contributed by atoms with Gasteiger partial charge in [-0.2, -0.15) is 0 Å². The molecule has 0 aromatic heterocycles. The Bertz CT molecular complexity index is 2390. The van der Waals surface area contributed by atoms with E-state index >= 15 is 0 Å². The summed E-state index contributed by atoms with van der Waals surface area (Å²) in [6.45, 7) is 4.79. The van der Waals surface area contributed by atoms with Gasteiger partial charge in [-0.15, -0.1) is 0 Å². The number of carbonyl (C=O) groups excluding carboxylic acids is 13. The zero-order chi connectivity index (χ0) is 63.1. The molecule has 0 spiro atoms. The Kier molecular flexibility index (Phi) is 30.2. The molecule has 0 saturated carbocycles. The summed E-state index contributed by atoms with van der Waals surface area (Å²) in [6, 6.07) is -17.6. The maximum absolute atomic E-state index is 14.4. The quantitative estimate of drug-likeness (QED) is 0.0257. The van der Waals surface area contributed by atoms with Crippen molar-refractivity contribution in [3.05, 3.63) is 0 Å². The third kappa shape index (κ3) is 24.7. The maximum Gasteiger partial charge on any atom is 0.469 e. The summed E-state index contributed by atoms with van der Waals surface area (Å²) >= 11 is 0. The van der Waals surface area contributed by atoms with Crippen molar-refractivity contribution in [2.24, 2.45) is 28.9 Å². The molecule has 464 valence electrons. The summed E-state index contributed by atoms with van der Waals surface area (Å²) in [4.78, 5) is 202. The van der Waals surface area contributed by atoms with Crippen LogP contribution < -0.4 is 71.2 Å². The molecule has 1 saturated heterocycles. The number of carboxylic acid groups (broad SMARTS) is 1. The smallest absolute Gasteiger partial charge is 0.469 e. The van der Waals surface area contributed by atoms with Crippen molar-refractivity contribution in [2.45, 2.75) is 178 Å². The fraction of sp³-hybridized carbons (Fsp3) is 0.689. The standard InChI is InChI=1S/C45H77N14O22P/c1-6-18(2)32(55-36(67)22(46)16-31(50)66)41(72)58-35(21(5)81-82(78,79)80)43(74)53-25(11-14-30(49)65)44(75)59-15-7-8-27(59)40(71)56-33(19(3)61)42(73)52-24(10-13-29(48)64)37(68)51-23(9-12-28(47)63)38(69)54-26(17-60)39(70)57-34(20(4)62)45(76)77/h18-27,32-35,60-62H,6-17,46H2,1-5H3,(H2,47,63)(H2,48,64)(H2,49,65)(H2,50,66)(H,51,68)(H,52,73)(H,53,74)(H,54,69)(H,55,67)(H,56,71)(H,57,70)(H,58,72)(H,76,77)(H2,78,79,80)/p+1/t18-,19+,20+,21+,22-,23-,24-,25-,26-,27-,32-,33-,34-,35-/m0/s1. The molecule has 1 rings (SSSR count). The average molecular weight is 1200 g/mol. The minimum Gasteiger partial charge on any atom is -0.480 e. The maximum atomic E-state index is 14.4. The zero-order valence-corrected chi connectivity index (χ0v) is 46.6. The molecule has 1 aliphatic heterocycles. The van der Waals surface area contributed by atoms with Gasteiger partial charge in [0, 0.05) is 25.8 Å². The number of rotatable bonds is 37. The minimum atomic E-state index is -5.43. The number of nitrogens with two attached hydrogens (primary N) is 4. The predicted molar refractivity (Wildman–Crippen MR) is 276 cm³/mol. The number of primary amides is 4. The highest BCUT2D eigenvalue weighted by Crippen LogP contribution is 2.38. The summed E-state index contributed by atoms with van der Waals surface area (Å²) in [7, 11) is -5.43. The number of nitrogens with one attached hydrogen (secondary N) is 8. The first-order chi connectivity index (χ1) is 38.0. The fourth-order valence-corrected chi connectivity index (χ4v) is 8.50. The molecule has 1 heterocycles. The summed E-state index contributed by atoms with van der Waals surface area (Å²) in [6.07, 6.45) is -9.30. The first kappa shape index (κ1) is 72.5. The van der Waals surface area contributed by atoms with Crippen LogP contribution in [0, 0.1) is 5.92 Å². The normalized spacial score (nSPS) is 18.0. The number of aliphatic hydroxyl groups is 3. The van der Waals surface area contributed by atoms with E-state index < -0.39 is 227 Å². The number of hydrogen-bond acceptors (Lipinski definition) is 19. The highest BCUT2D eigenvalue weighted by Gasteiger charge is 2.43. The van der Waals surface area contributed by atoms with Crippen molar-refractivity contribution in [3.8, 4) is 0 Å². The van der Waals surface area contributed by atoms with Crippen molar-refractivity contribution < 1.29 is 112 Å². The van der Waals surface area contributed by atoms with E-state index in [1.165, 1.54) is 6.92 Å². The van der Waals surface area contributed by atoms with Gasteiger partial charge in [-0.25, -0.2) is 9.36 Å². The van der Waals surface area contributed by atoms with Gasteiger partial charge in [-0.05, 0) is 58.8 Å². The molecule has 25 N–H and O–H groups in total. The van der Waals surface area contributed by atoms with E-state index in [1.54, 1.807) is 6.92 Å². The van der Waals surface area contributed by atoms with E-state index in [1.807, 2.05) is 5.32 Å². The van der Waals surface area contributed by atoms with Gasteiger partial charge >= 0.3 is 13.8 Å². The number of likely N-dealkylation sites (tertiary alicyclic amines) is 1. The molecular formula is C45H78N14O22P+. The summed E-state index contributed by atoms with van der Waals surface area (Å²) in [5.41, 5.74) is 24.6. The SMILES string of the molecule is CC[C@H](C)[C@H](NC(=O)[C@@H]([NH3+])CC(N)=O)C(=O)N[C@H](C(=O)N[C@@H](CCC(N)=O)C(=O)N1CCC[C@H]1C(=O)N[C@H](C(=O)N[C@@H](CCC(N)=O)C(=O)N[C@@H](CCC(N)=O)C(=O)N[C@@H](CO)C(=O)N[C@H](C(=O)O)[C@@H](C)O)[C@@H](C)O)[C@@H](C)OP(=O)(O)O. The minimum absolute atomic E-state index is 0.0856. The predicted octanol–water partition coefficient (Wildman–Crippen LogP) is -10.5. The van der Waals surface area contributed by atoms with Crippen molar-refractivity contribution >= 4 is 90.6 Å². The van der Waals surface area contributed by atoms with Crippen LogP contribution in [0.5, 0.6) is 0 Å². The Labute approximate surface area is 468 Å². The van der Waals surface area contributed by atoms with Crippen LogP contribution in [0.25, 0.3) is 0 Å². The number of phosphoric acid groups is 1. The number of amides is 13. The largest absolute Gasteiger partial charge is 0.480 e. The lowest BCUT2D eigenvalue weighted by Gasteiger charge is -2.32. The van der Waals surface area contributed by atoms with Gasteiger partial charge < -0.3 is 106 Å². The molecule has 14 atom stereocenters. The fourth-order valence-electron chi connectivity index (χ4n) is 7.94. The highest BCUT2D eigenvalue weighted by atomic mass is 31.2. The average Bonchev–Trinajstić information content (AvgIpc) is 3.89. The Morgan fingerprint density at radius 3 is 1.44 bits per heavy atom. The topological polar surface area (TPSA) is 618 Å². The van der Waals surface area contributed by atoms with Crippen LogP contribution in [-0.4, -0.2) is 210 Å². The van der Waals surface area contributed by atoms with Crippen molar-refractivity contribution in [1.29, 1.82) is 0 Å². The number of phosphoric ester groups is 1. The molecule has 82 heavy (non-hydrogen) atoms. The van der Waals surface area contributed by atoms with Crippen LogP contribution in [0.15, 0.2) is 0 Å². The van der Waals surface area contributed by atoms with E-state index in [0.717, 1.165) is 25.7 Å². The van der Waals surface area contributed by atoms with Gasteiger partial charge in [-0.1, -0.05) is 20.3 Å². The summed E-state index contributed by atoms with van der Waals surface area (Å²) < 4.78 is 16.7. The zero-order valence-electron chi connectivity index (χ0n) is 45.7. The first-order valence-corrected chi connectivity index (χ1v) is 27.1. The second-order valence-electron chi connectivity index (χ2n) is 19.5. The number of carboxylic acids is 1. The van der Waals surface area contributed by atoms with Gasteiger partial charge in [0.2, 0.25) is 70.9 Å². The Balaban J connectivity index is 3.59. The van der Waals surface area contributed by atoms with E-state index in [2.05, 4.69) is 43.0 Å². The van der Waals surface area contributed by atoms with Crippen molar-refractivity contribution in [3.63, 3.8) is 0 Å². The van der Waals surface area contributed by atoms with Crippen LogP contribution in [0.3, 0.4) is 0 Å². The van der Waals surface area contributed by atoms with Gasteiger partial charge in [0.25, 0.3) is 5.91 Å². The van der Waals surface area contributed by atoms with Crippen LogP contribution in [0.1, 0.15) is 98.8 Å². The van der Waals surface area contributed by atoms with E-state index in [0.29, 0.717) is 0 Å². The van der Waals surface area contributed by atoms with Crippen LogP contribution in [-0.2, 0) is 76.2 Å². The van der Waals surface area contributed by atoms with Crippen molar-refractivity contribution in [2.75, 3.05) is 13.2 Å². The molecule has 0 bridgehead atoms. The van der Waals surface area contributed by atoms with E-state index in [-0.39, 0.29) is 25.8 Å². The Morgan fingerprint density at radius 1 is 0.585 bits per heavy atom. The second kappa shape index (κ2) is 34.1. The lowest BCUT2D eigenvalue weighted by Crippen LogP contribution is -2.70. The highest BCUT2D eigenvalue weighted by molar-refractivity contribution is 7.46. The number of carbonyl (C=O) groups is 14. The first-order valence-electron chi connectivity index (χ1n) is 25.6. The molecule has 1 aliphatic rings. The van der Waals surface area contributed by atoms with E-state index in [4.69, 9.17) is 27.5 Å².